The minimum absolute atomic E-state index is 0.302. The van der Waals surface area contributed by atoms with Gasteiger partial charge >= 0.3 is 6.03 Å². The number of amides is 2. The fourth-order valence-electron chi connectivity index (χ4n) is 2.72. The quantitative estimate of drug-likeness (QED) is 0.828. The summed E-state index contributed by atoms with van der Waals surface area (Å²) >= 11 is 0. The van der Waals surface area contributed by atoms with Crippen molar-refractivity contribution in [2.45, 2.75) is 37.9 Å². The Hall–Kier alpha value is -1.59. The summed E-state index contributed by atoms with van der Waals surface area (Å²) in [5.41, 5.74) is 5.12. The lowest BCUT2D eigenvalue weighted by Crippen LogP contribution is -2.42. The van der Waals surface area contributed by atoms with Crippen LogP contribution in [0.1, 0.15) is 36.3 Å². The molecule has 0 saturated carbocycles. The number of urea groups is 1. The second-order valence-electron chi connectivity index (χ2n) is 5.33. The van der Waals surface area contributed by atoms with Crippen LogP contribution >= 0.6 is 0 Å². The third-order valence-electron chi connectivity index (χ3n) is 3.89. The van der Waals surface area contributed by atoms with E-state index < -0.39 is 0 Å². The molecule has 1 heterocycles. The first kappa shape index (κ1) is 13.4. The maximum Gasteiger partial charge on any atom is 0.338 e. The molecule has 2 N–H and O–H groups in total. The minimum atomic E-state index is -0.307. The van der Waals surface area contributed by atoms with Crippen molar-refractivity contribution < 1.29 is 14.4 Å². The van der Waals surface area contributed by atoms with E-state index in [2.05, 4.69) is 22.9 Å². The molecular formula is C15H20N2O3. The van der Waals surface area contributed by atoms with Crippen LogP contribution in [-0.2, 0) is 16.0 Å². The molecule has 1 fully saturated rings. The highest BCUT2D eigenvalue weighted by atomic mass is 16.8. The van der Waals surface area contributed by atoms with Gasteiger partial charge in [0.1, 0.15) is 0 Å². The molecule has 3 rings (SSSR count). The van der Waals surface area contributed by atoms with Crippen LogP contribution in [0.3, 0.4) is 0 Å². The van der Waals surface area contributed by atoms with Crippen molar-refractivity contribution >= 4 is 6.03 Å². The van der Waals surface area contributed by atoms with Gasteiger partial charge in [-0.25, -0.2) is 15.1 Å². The van der Waals surface area contributed by atoms with Gasteiger partial charge in [0.05, 0.1) is 0 Å². The molecule has 1 aromatic carbocycles. The highest BCUT2D eigenvalue weighted by Gasteiger charge is 2.25. The minimum Gasteiger partial charge on any atom is -0.350 e. The van der Waals surface area contributed by atoms with Crippen molar-refractivity contribution in [3.05, 3.63) is 35.4 Å². The molecule has 1 aliphatic heterocycles. The van der Waals surface area contributed by atoms with Gasteiger partial charge in [0.2, 0.25) is 0 Å². The third-order valence-corrected chi connectivity index (χ3v) is 3.89. The molecule has 5 nitrogen and oxygen atoms in total. The Morgan fingerprint density at radius 2 is 2.25 bits per heavy atom. The largest absolute Gasteiger partial charge is 0.350 e. The second-order valence-corrected chi connectivity index (χ2v) is 5.33. The van der Waals surface area contributed by atoms with E-state index in [0.717, 1.165) is 25.7 Å². The number of nitrogens with one attached hydrogen (secondary N) is 2. The average Bonchev–Trinajstić information content (AvgIpc) is 2.47. The predicted molar refractivity (Wildman–Crippen MR) is 74.1 cm³/mol. The fraction of sp³-hybridized carbons (Fsp3) is 0.533. The van der Waals surface area contributed by atoms with Gasteiger partial charge in [-0.2, -0.15) is 0 Å². The van der Waals surface area contributed by atoms with Crippen LogP contribution in [0.2, 0.25) is 0 Å². The Labute approximate surface area is 118 Å². The van der Waals surface area contributed by atoms with E-state index in [0.29, 0.717) is 19.1 Å². The fourth-order valence-corrected chi connectivity index (χ4v) is 2.72. The molecule has 108 valence electrons. The highest BCUT2D eigenvalue weighted by molar-refractivity contribution is 5.72. The lowest BCUT2D eigenvalue weighted by molar-refractivity contribution is -0.186. The molecule has 20 heavy (non-hydrogen) atoms. The van der Waals surface area contributed by atoms with E-state index in [1.54, 1.807) is 0 Å². The molecule has 0 aromatic heterocycles. The smallest absolute Gasteiger partial charge is 0.338 e. The number of hydrogen-bond donors (Lipinski definition) is 2. The van der Waals surface area contributed by atoms with Crippen LogP contribution in [0.25, 0.3) is 0 Å². The summed E-state index contributed by atoms with van der Waals surface area (Å²) in [5, 5.41) is 2.83. The van der Waals surface area contributed by atoms with Gasteiger partial charge in [0, 0.05) is 25.5 Å². The van der Waals surface area contributed by atoms with Crippen LogP contribution < -0.4 is 10.8 Å². The Morgan fingerprint density at radius 1 is 1.35 bits per heavy atom. The highest BCUT2D eigenvalue weighted by Crippen LogP contribution is 2.33. The second kappa shape index (κ2) is 6.24. The molecule has 2 aliphatic rings. The summed E-state index contributed by atoms with van der Waals surface area (Å²) in [6.07, 6.45) is 3.69. The van der Waals surface area contributed by atoms with E-state index in [-0.39, 0.29) is 12.3 Å². The molecule has 0 spiro atoms. The van der Waals surface area contributed by atoms with Gasteiger partial charge in [-0.15, -0.1) is 0 Å². The Kier molecular flexibility index (Phi) is 4.18. The van der Waals surface area contributed by atoms with E-state index in [4.69, 9.17) is 9.57 Å². The Balaban J connectivity index is 1.36. The zero-order valence-corrected chi connectivity index (χ0v) is 11.4. The normalized spacial score (nSPS) is 24.4. The van der Waals surface area contributed by atoms with Crippen molar-refractivity contribution in [3.63, 3.8) is 0 Å². The third kappa shape index (κ3) is 3.11. The summed E-state index contributed by atoms with van der Waals surface area (Å²) in [6, 6.07) is 8.04. The lowest BCUT2D eigenvalue weighted by atomic mass is 9.78. The average molecular weight is 276 g/mol. The van der Waals surface area contributed by atoms with Crippen LogP contribution in [-0.4, -0.2) is 25.5 Å². The number of fused-ring (bicyclic) bond motifs is 1. The van der Waals surface area contributed by atoms with Gasteiger partial charge in [-0.1, -0.05) is 24.3 Å². The zero-order chi connectivity index (χ0) is 13.8. The van der Waals surface area contributed by atoms with E-state index in [9.17, 15) is 4.79 Å². The molecule has 2 atom stereocenters. The van der Waals surface area contributed by atoms with Gasteiger partial charge in [-0.05, 0) is 30.4 Å². The molecule has 2 amide bonds. The van der Waals surface area contributed by atoms with Crippen LogP contribution in [0.4, 0.5) is 4.79 Å². The molecule has 1 aromatic rings. The number of hydroxylamine groups is 1. The Bertz CT molecular complexity index is 472. The SMILES string of the molecule is O=C(NC[C@H]1Cc2ccccc21)NO[C@H]1CCCCO1. The first-order valence-corrected chi connectivity index (χ1v) is 7.22. The Morgan fingerprint density at radius 3 is 3.05 bits per heavy atom. The number of ether oxygens (including phenoxy) is 1. The van der Waals surface area contributed by atoms with E-state index >= 15 is 0 Å². The van der Waals surface area contributed by atoms with Gasteiger partial charge in [0.25, 0.3) is 0 Å². The van der Waals surface area contributed by atoms with Crippen LogP contribution in [0, 0.1) is 0 Å². The van der Waals surface area contributed by atoms with E-state index in [1.165, 1.54) is 11.1 Å². The molecule has 0 bridgehead atoms. The lowest BCUT2D eigenvalue weighted by Gasteiger charge is -2.30. The monoisotopic (exact) mass is 276 g/mol. The summed E-state index contributed by atoms with van der Waals surface area (Å²) in [5.74, 6) is 0.419. The topological polar surface area (TPSA) is 59.6 Å². The molecule has 1 saturated heterocycles. The maximum atomic E-state index is 11.6. The van der Waals surface area contributed by atoms with Crippen molar-refractivity contribution in [2.75, 3.05) is 13.2 Å². The van der Waals surface area contributed by atoms with Crippen LogP contribution in [0.15, 0.2) is 24.3 Å². The summed E-state index contributed by atoms with van der Waals surface area (Å²) in [4.78, 5) is 16.9. The van der Waals surface area contributed by atoms with Crippen LogP contribution in [0.5, 0.6) is 0 Å². The first-order chi connectivity index (χ1) is 9.83. The molecule has 5 heteroatoms. The summed E-state index contributed by atoms with van der Waals surface area (Å²) < 4.78 is 5.37. The molecular weight excluding hydrogens is 256 g/mol. The van der Waals surface area contributed by atoms with Crippen molar-refractivity contribution in [2.24, 2.45) is 0 Å². The zero-order valence-electron chi connectivity index (χ0n) is 11.4. The predicted octanol–water partition coefficient (Wildman–Crippen LogP) is 2.08. The first-order valence-electron chi connectivity index (χ1n) is 7.22. The number of carbonyl (C=O) groups excluding carboxylic acids is 1. The molecule has 0 unspecified atom stereocenters. The number of carbonyl (C=O) groups is 1. The van der Waals surface area contributed by atoms with Gasteiger partial charge in [-0.3, -0.25) is 0 Å². The number of rotatable bonds is 4. The molecule has 0 radical (unpaired) electrons. The maximum absolute atomic E-state index is 11.6. The number of benzene rings is 1. The standard InChI is InChI=1S/C15H20N2O3/c18-15(17-20-14-7-3-4-8-19-14)16-10-12-9-11-5-1-2-6-13(11)12/h1-2,5-6,12,14H,3-4,7-10H2,(H2,16,17,18)/t12-,14+/m1/s1. The van der Waals surface area contributed by atoms with Crippen molar-refractivity contribution in [3.8, 4) is 0 Å². The van der Waals surface area contributed by atoms with Gasteiger partial charge < -0.3 is 10.1 Å². The van der Waals surface area contributed by atoms with Crippen molar-refractivity contribution in [1.29, 1.82) is 0 Å². The molecule has 1 aliphatic carbocycles. The number of hydrogen-bond acceptors (Lipinski definition) is 3. The summed E-state index contributed by atoms with van der Waals surface area (Å²) in [7, 11) is 0. The van der Waals surface area contributed by atoms with Gasteiger partial charge in [0.15, 0.2) is 6.29 Å². The summed E-state index contributed by atoms with van der Waals surface area (Å²) in [6.45, 7) is 1.34. The van der Waals surface area contributed by atoms with E-state index in [1.807, 2.05) is 12.1 Å². The van der Waals surface area contributed by atoms with Crippen molar-refractivity contribution in [1.82, 2.24) is 10.8 Å².